The standard InChI is InChI=1S/C23H24FN5OS/c1-14(2)15(3)25-20(30)13-31-23-26-22-21(27-28-23)18-6-4-5-7-19(18)29(22)12-16-8-10-17(24)11-9-16/h4-11,14-15H,12-13H2,1-3H3,(H,25,30). The summed E-state index contributed by atoms with van der Waals surface area (Å²) in [5.74, 6) is 0.272. The predicted molar refractivity (Wildman–Crippen MR) is 121 cm³/mol. The van der Waals surface area contributed by atoms with Gasteiger partial charge in [0.1, 0.15) is 11.3 Å². The van der Waals surface area contributed by atoms with Crippen molar-refractivity contribution in [3.05, 3.63) is 59.9 Å². The molecule has 0 radical (unpaired) electrons. The first-order chi connectivity index (χ1) is 14.9. The first kappa shape index (κ1) is 21.2. The lowest BCUT2D eigenvalue weighted by atomic mass is 10.1. The number of benzene rings is 2. The zero-order valence-electron chi connectivity index (χ0n) is 17.7. The van der Waals surface area contributed by atoms with Crippen molar-refractivity contribution in [1.29, 1.82) is 0 Å². The van der Waals surface area contributed by atoms with Gasteiger partial charge in [-0.25, -0.2) is 9.37 Å². The van der Waals surface area contributed by atoms with E-state index >= 15 is 0 Å². The number of aromatic nitrogens is 4. The van der Waals surface area contributed by atoms with Crippen LogP contribution in [-0.4, -0.2) is 37.5 Å². The van der Waals surface area contributed by atoms with E-state index in [0.717, 1.165) is 16.5 Å². The maximum atomic E-state index is 13.3. The SMILES string of the molecule is CC(C)C(C)NC(=O)CSc1nnc2c3ccccc3n(Cc3ccc(F)cc3)c2n1. The predicted octanol–water partition coefficient (Wildman–Crippen LogP) is 4.42. The number of hydrogen-bond acceptors (Lipinski definition) is 5. The molecule has 4 aromatic rings. The van der Waals surface area contributed by atoms with Crippen LogP contribution in [0.25, 0.3) is 22.1 Å². The fraction of sp³-hybridized carbons (Fsp3) is 0.304. The Morgan fingerprint density at radius 2 is 1.84 bits per heavy atom. The highest BCUT2D eigenvalue weighted by Crippen LogP contribution is 2.28. The van der Waals surface area contributed by atoms with Crippen LogP contribution in [0.3, 0.4) is 0 Å². The maximum absolute atomic E-state index is 13.3. The lowest BCUT2D eigenvalue weighted by Gasteiger charge is -2.16. The van der Waals surface area contributed by atoms with Crippen molar-refractivity contribution >= 4 is 39.7 Å². The van der Waals surface area contributed by atoms with Crippen molar-refractivity contribution in [3.63, 3.8) is 0 Å². The van der Waals surface area contributed by atoms with E-state index in [2.05, 4.69) is 33.9 Å². The van der Waals surface area contributed by atoms with E-state index in [0.29, 0.717) is 28.8 Å². The Hall–Kier alpha value is -3.00. The van der Waals surface area contributed by atoms with E-state index in [9.17, 15) is 9.18 Å². The summed E-state index contributed by atoms with van der Waals surface area (Å²) < 4.78 is 15.4. The number of thioether (sulfide) groups is 1. The lowest BCUT2D eigenvalue weighted by molar-refractivity contribution is -0.119. The van der Waals surface area contributed by atoms with Crippen molar-refractivity contribution in [3.8, 4) is 0 Å². The minimum atomic E-state index is -0.265. The van der Waals surface area contributed by atoms with Gasteiger partial charge in [-0.15, -0.1) is 10.2 Å². The second-order valence-electron chi connectivity index (χ2n) is 7.89. The van der Waals surface area contributed by atoms with Crippen molar-refractivity contribution in [2.45, 2.75) is 38.5 Å². The Bertz CT molecular complexity index is 1220. The van der Waals surface area contributed by atoms with E-state index < -0.39 is 0 Å². The van der Waals surface area contributed by atoms with Crippen LogP contribution in [0.2, 0.25) is 0 Å². The van der Waals surface area contributed by atoms with Gasteiger partial charge in [-0.2, -0.15) is 0 Å². The van der Waals surface area contributed by atoms with Gasteiger partial charge >= 0.3 is 0 Å². The smallest absolute Gasteiger partial charge is 0.230 e. The molecular weight excluding hydrogens is 413 g/mol. The third-order valence-electron chi connectivity index (χ3n) is 5.33. The van der Waals surface area contributed by atoms with E-state index in [4.69, 9.17) is 4.98 Å². The molecule has 1 atom stereocenters. The molecule has 1 unspecified atom stereocenters. The zero-order chi connectivity index (χ0) is 22.0. The Labute approximate surface area is 184 Å². The highest BCUT2D eigenvalue weighted by atomic mass is 32.2. The second kappa shape index (κ2) is 9.01. The van der Waals surface area contributed by atoms with Crippen molar-refractivity contribution in [2.75, 3.05) is 5.75 Å². The molecule has 2 aromatic heterocycles. The monoisotopic (exact) mass is 437 g/mol. The number of nitrogens with one attached hydrogen (secondary N) is 1. The highest BCUT2D eigenvalue weighted by molar-refractivity contribution is 7.99. The molecule has 0 aliphatic heterocycles. The molecule has 6 nitrogen and oxygen atoms in total. The fourth-order valence-corrected chi connectivity index (χ4v) is 3.87. The van der Waals surface area contributed by atoms with Gasteiger partial charge in [0.05, 0.1) is 11.3 Å². The summed E-state index contributed by atoms with van der Waals surface area (Å²) in [6.07, 6.45) is 0. The molecular formula is C23H24FN5OS. The van der Waals surface area contributed by atoms with Gasteiger partial charge in [0.25, 0.3) is 0 Å². The molecule has 160 valence electrons. The van der Waals surface area contributed by atoms with E-state index in [1.807, 2.05) is 31.2 Å². The first-order valence-electron chi connectivity index (χ1n) is 10.2. The first-order valence-corrected chi connectivity index (χ1v) is 11.2. The van der Waals surface area contributed by atoms with E-state index in [1.54, 1.807) is 12.1 Å². The molecule has 4 rings (SSSR count). The van der Waals surface area contributed by atoms with Crippen LogP contribution >= 0.6 is 11.8 Å². The number of hydrogen-bond donors (Lipinski definition) is 1. The fourth-order valence-electron chi connectivity index (χ4n) is 3.28. The minimum Gasteiger partial charge on any atom is -0.353 e. The molecule has 8 heteroatoms. The van der Waals surface area contributed by atoms with Gasteiger partial charge in [-0.05, 0) is 36.6 Å². The van der Waals surface area contributed by atoms with Crippen LogP contribution in [0.5, 0.6) is 0 Å². The zero-order valence-corrected chi connectivity index (χ0v) is 18.5. The molecule has 0 aliphatic rings. The largest absolute Gasteiger partial charge is 0.353 e. The van der Waals surface area contributed by atoms with E-state index in [-0.39, 0.29) is 23.5 Å². The number of amides is 1. The number of nitrogens with zero attached hydrogens (tertiary/aromatic N) is 4. The molecule has 0 fully saturated rings. The molecule has 2 aromatic carbocycles. The molecule has 0 spiro atoms. The van der Waals surface area contributed by atoms with Gasteiger partial charge < -0.3 is 9.88 Å². The molecule has 31 heavy (non-hydrogen) atoms. The maximum Gasteiger partial charge on any atom is 0.230 e. The summed E-state index contributed by atoms with van der Waals surface area (Å²) in [4.78, 5) is 16.9. The Kier molecular flexibility index (Phi) is 6.18. The third kappa shape index (κ3) is 4.69. The summed E-state index contributed by atoms with van der Waals surface area (Å²) in [5, 5.41) is 13.0. The molecule has 0 bridgehead atoms. The number of rotatable bonds is 7. The van der Waals surface area contributed by atoms with Gasteiger partial charge in [0.15, 0.2) is 5.65 Å². The topological polar surface area (TPSA) is 72.7 Å². The minimum absolute atomic E-state index is 0.0539. The summed E-state index contributed by atoms with van der Waals surface area (Å²) in [6, 6.07) is 14.5. The van der Waals surface area contributed by atoms with Crippen molar-refractivity contribution in [2.24, 2.45) is 5.92 Å². The number of para-hydroxylation sites is 1. The Balaban J connectivity index is 1.64. The third-order valence-corrected chi connectivity index (χ3v) is 6.17. The second-order valence-corrected chi connectivity index (χ2v) is 8.83. The summed E-state index contributed by atoms with van der Waals surface area (Å²) in [7, 11) is 0. The highest BCUT2D eigenvalue weighted by Gasteiger charge is 2.16. The number of halogens is 1. The number of fused-ring (bicyclic) bond motifs is 3. The molecule has 1 N–H and O–H groups in total. The molecule has 0 aliphatic carbocycles. The molecule has 0 saturated heterocycles. The van der Waals surface area contributed by atoms with Crippen LogP contribution in [-0.2, 0) is 11.3 Å². The summed E-state index contributed by atoms with van der Waals surface area (Å²) in [6.45, 7) is 6.66. The van der Waals surface area contributed by atoms with Crippen LogP contribution in [0.1, 0.15) is 26.3 Å². The Morgan fingerprint density at radius 1 is 1.10 bits per heavy atom. The van der Waals surface area contributed by atoms with E-state index in [1.165, 1.54) is 23.9 Å². The molecule has 2 heterocycles. The van der Waals surface area contributed by atoms with Gasteiger partial charge in [-0.3, -0.25) is 4.79 Å². The number of carbonyl (C=O) groups is 1. The van der Waals surface area contributed by atoms with Crippen molar-refractivity contribution < 1.29 is 9.18 Å². The normalized spacial score (nSPS) is 12.5. The summed E-state index contributed by atoms with van der Waals surface area (Å²) >= 11 is 1.26. The molecule has 0 saturated carbocycles. The number of carbonyl (C=O) groups excluding carboxylic acids is 1. The Morgan fingerprint density at radius 3 is 2.58 bits per heavy atom. The van der Waals surface area contributed by atoms with Crippen molar-refractivity contribution in [1.82, 2.24) is 25.1 Å². The lowest BCUT2D eigenvalue weighted by Crippen LogP contribution is -2.37. The average molecular weight is 438 g/mol. The van der Waals surface area contributed by atoms with Crippen LogP contribution in [0, 0.1) is 11.7 Å². The quantitative estimate of drug-likeness (QED) is 0.433. The summed E-state index contributed by atoms with van der Waals surface area (Å²) in [5.41, 5.74) is 3.34. The van der Waals surface area contributed by atoms with Crippen LogP contribution in [0.4, 0.5) is 4.39 Å². The van der Waals surface area contributed by atoms with Gasteiger partial charge in [0.2, 0.25) is 11.1 Å². The average Bonchev–Trinajstić information content (AvgIpc) is 3.07. The van der Waals surface area contributed by atoms with Gasteiger partial charge in [0, 0.05) is 18.0 Å². The van der Waals surface area contributed by atoms with Crippen LogP contribution in [0.15, 0.2) is 53.7 Å². The molecule has 1 amide bonds. The van der Waals surface area contributed by atoms with Crippen LogP contribution < -0.4 is 5.32 Å². The van der Waals surface area contributed by atoms with Gasteiger partial charge in [-0.1, -0.05) is 55.9 Å².